The fourth-order valence-electron chi connectivity index (χ4n) is 4.40. The minimum atomic E-state index is -0.707. The summed E-state index contributed by atoms with van der Waals surface area (Å²) < 4.78 is 0. The second-order valence-electron chi connectivity index (χ2n) is 7.95. The van der Waals surface area contributed by atoms with Gasteiger partial charge in [-0.25, -0.2) is 9.78 Å². The van der Waals surface area contributed by atoms with E-state index in [2.05, 4.69) is 10.6 Å². The van der Waals surface area contributed by atoms with Crippen LogP contribution < -0.4 is 10.6 Å². The number of aliphatic carboxylic acids is 1. The molecule has 1 saturated carbocycles. The number of aromatic nitrogens is 1. The van der Waals surface area contributed by atoms with Gasteiger partial charge in [0.15, 0.2) is 0 Å². The molecule has 3 heterocycles. The molecule has 1 aliphatic carbocycles. The summed E-state index contributed by atoms with van der Waals surface area (Å²) in [6, 6.07) is 0.124. The van der Waals surface area contributed by atoms with Crippen molar-refractivity contribution in [1.29, 1.82) is 0 Å². The van der Waals surface area contributed by atoms with E-state index in [0.29, 0.717) is 18.8 Å². The van der Waals surface area contributed by atoms with Gasteiger partial charge >= 0.3 is 12.0 Å². The van der Waals surface area contributed by atoms with Crippen LogP contribution in [0.1, 0.15) is 60.0 Å². The molecule has 0 bridgehead atoms. The van der Waals surface area contributed by atoms with Crippen molar-refractivity contribution in [2.24, 2.45) is 5.92 Å². The third-order valence-electron chi connectivity index (χ3n) is 6.15. The highest BCUT2D eigenvalue weighted by molar-refractivity contribution is 7.11. The highest BCUT2D eigenvalue weighted by atomic mass is 32.1. The molecule has 0 radical (unpaired) electrons. The summed E-state index contributed by atoms with van der Waals surface area (Å²) in [5.41, 5.74) is 1.22. The molecular weight excluding hydrogens is 364 g/mol. The van der Waals surface area contributed by atoms with Crippen LogP contribution in [0.15, 0.2) is 0 Å². The number of likely N-dealkylation sites (tertiary alicyclic amines) is 1. The highest BCUT2D eigenvalue weighted by Gasteiger charge is 2.30. The van der Waals surface area contributed by atoms with Gasteiger partial charge in [0.25, 0.3) is 0 Å². The van der Waals surface area contributed by atoms with E-state index in [1.807, 2.05) is 16.2 Å². The third kappa shape index (κ3) is 4.27. The Kier molecular flexibility index (Phi) is 5.63. The molecule has 27 heavy (non-hydrogen) atoms. The summed E-state index contributed by atoms with van der Waals surface area (Å²) in [6.07, 6.45) is 5.87. The molecule has 1 aromatic heterocycles. The van der Waals surface area contributed by atoms with Crippen LogP contribution in [0, 0.1) is 5.92 Å². The van der Waals surface area contributed by atoms with Gasteiger partial charge in [-0.1, -0.05) is 0 Å². The Labute approximate surface area is 163 Å². The van der Waals surface area contributed by atoms with Gasteiger partial charge in [0.1, 0.15) is 0 Å². The van der Waals surface area contributed by atoms with E-state index in [9.17, 15) is 9.59 Å². The first kappa shape index (κ1) is 18.7. The zero-order valence-electron chi connectivity index (χ0n) is 15.6. The molecule has 1 aromatic rings. The smallest absolute Gasteiger partial charge is 0.317 e. The Morgan fingerprint density at radius 1 is 1.15 bits per heavy atom. The highest BCUT2D eigenvalue weighted by Crippen LogP contribution is 2.34. The number of rotatable bonds is 3. The lowest BCUT2D eigenvalue weighted by atomic mass is 9.86. The summed E-state index contributed by atoms with van der Waals surface area (Å²) in [5, 5.41) is 16.8. The first-order valence-electron chi connectivity index (χ1n) is 10.1. The number of amides is 2. The number of piperidine rings is 1. The first-order chi connectivity index (χ1) is 13.1. The third-order valence-corrected chi connectivity index (χ3v) is 7.47. The number of carbonyl (C=O) groups is 2. The molecule has 0 spiro atoms. The number of carboxylic acid groups (broad SMARTS) is 1. The van der Waals surface area contributed by atoms with Gasteiger partial charge in [0.05, 0.1) is 16.6 Å². The zero-order chi connectivity index (χ0) is 18.8. The van der Waals surface area contributed by atoms with Gasteiger partial charge in [0, 0.05) is 43.0 Å². The largest absolute Gasteiger partial charge is 0.481 e. The maximum Gasteiger partial charge on any atom is 0.317 e. The molecule has 8 heteroatoms. The van der Waals surface area contributed by atoms with Crippen molar-refractivity contribution in [3.63, 3.8) is 0 Å². The van der Waals surface area contributed by atoms with Crippen LogP contribution in [-0.4, -0.2) is 52.7 Å². The molecule has 2 aliphatic heterocycles. The van der Waals surface area contributed by atoms with Crippen molar-refractivity contribution in [2.75, 3.05) is 19.6 Å². The molecule has 148 valence electrons. The Morgan fingerprint density at radius 2 is 1.89 bits per heavy atom. The van der Waals surface area contributed by atoms with Gasteiger partial charge in [-0.15, -0.1) is 11.3 Å². The number of urea groups is 1. The monoisotopic (exact) mass is 392 g/mol. The van der Waals surface area contributed by atoms with Crippen LogP contribution in [0.4, 0.5) is 4.79 Å². The van der Waals surface area contributed by atoms with Crippen LogP contribution in [-0.2, 0) is 17.8 Å². The lowest BCUT2D eigenvalue weighted by Crippen LogP contribution is -2.48. The molecule has 7 nitrogen and oxygen atoms in total. The van der Waals surface area contributed by atoms with Crippen LogP contribution in [0.3, 0.4) is 0 Å². The summed E-state index contributed by atoms with van der Waals surface area (Å²) >= 11 is 1.86. The standard InChI is InChI=1S/C19H28N4O3S/c24-18(25)13-1-3-14(4-2-13)21-19(26)23-9-6-12(7-10-23)17-22-15-11-20-8-5-16(15)27-17/h12-14,20H,1-11H2,(H,21,26)(H,24,25). The van der Waals surface area contributed by atoms with E-state index in [0.717, 1.165) is 58.3 Å². The molecular formula is C19H28N4O3S. The first-order valence-corrected chi connectivity index (χ1v) is 10.9. The van der Waals surface area contributed by atoms with Crippen molar-refractivity contribution in [3.05, 3.63) is 15.6 Å². The Morgan fingerprint density at radius 3 is 2.56 bits per heavy atom. The van der Waals surface area contributed by atoms with E-state index in [1.54, 1.807) is 0 Å². The lowest BCUT2D eigenvalue weighted by molar-refractivity contribution is -0.142. The molecule has 0 aromatic carbocycles. The van der Waals surface area contributed by atoms with Crippen LogP contribution >= 0.6 is 11.3 Å². The molecule has 4 rings (SSSR count). The number of carboxylic acids is 1. The summed E-state index contributed by atoms with van der Waals surface area (Å²) in [5.74, 6) is -0.481. The number of hydrogen-bond donors (Lipinski definition) is 3. The van der Waals surface area contributed by atoms with E-state index >= 15 is 0 Å². The van der Waals surface area contributed by atoms with E-state index in [1.165, 1.54) is 15.6 Å². The SMILES string of the molecule is O=C(O)C1CCC(NC(=O)N2CCC(c3nc4c(s3)CCNC4)CC2)CC1. The van der Waals surface area contributed by atoms with Crippen molar-refractivity contribution < 1.29 is 14.7 Å². The molecule has 3 N–H and O–H groups in total. The van der Waals surface area contributed by atoms with E-state index in [4.69, 9.17) is 10.1 Å². The average molecular weight is 393 g/mol. The number of nitrogens with one attached hydrogen (secondary N) is 2. The second kappa shape index (κ2) is 8.14. The van der Waals surface area contributed by atoms with Gasteiger partial charge in [-0.2, -0.15) is 0 Å². The molecule has 0 atom stereocenters. The number of fused-ring (bicyclic) bond motifs is 1. The second-order valence-corrected chi connectivity index (χ2v) is 9.06. The average Bonchev–Trinajstić information content (AvgIpc) is 3.13. The molecule has 0 unspecified atom stereocenters. The number of hydrogen-bond acceptors (Lipinski definition) is 5. The fraction of sp³-hybridized carbons (Fsp3) is 0.737. The predicted molar refractivity (Wildman–Crippen MR) is 103 cm³/mol. The van der Waals surface area contributed by atoms with Gasteiger partial charge in [-0.05, 0) is 44.9 Å². The number of nitrogens with zero attached hydrogens (tertiary/aromatic N) is 2. The Balaban J connectivity index is 1.25. The summed E-state index contributed by atoms with van der Waals surface area (Å²) in [7, 11) is 0. The Hall–Kier alpha value is -1.67. The predicted octanol–water partition coefficient (Wildman–Crippen LogP) is 2.32. The fourth-order valence-corrected chi connectivity index (χ4v) is 5.65. The maximum atomic E-state index is 12.6. The quantitative estimate of drug-likeness (QED) is 0.734. The minimum Gasteiger partial charge on any atom is -0.481 e. The van der Waals surface area contributed by atoms with Gasteiger partial charge in [-0.3, -0.25) is 4.79 Å². The topological polar surface area (TPSA) is 94.6 Å². The van der Waals surface area contributed by atoms with E-state index in [-0.39, 0.29) is 18.0 Å². The lowest BCUT2D eigenvalue weighted by Gasteiger charge is -2.34. The summed E-state index contributed by atoms with van der Waals surface area (Å²) in [6.45, 7) is 3.46. The molecule has 2 amide bonds. The van der Waals surface area contributed by atoms with Gasteiger partial charge < -0.3 is 20.6 Å². The van der Waals surface area contributed by atoms with Crippen molar-refractivity contribution in [2.45, 2.75) is 63.5 Å². The van der Waals surface area contributed by atoms with Gasteiger partial charge in [0.2, 0.25) is 0 Å². The maximum absolute atomic E-state index is 12.6. The molecule has 3 aliphatic rings. The molecule has 2 fully saturated rings. The molecule has 1 saturated heterocycles. The number of thiazole rings is 1. The van der Waals surface area contributed by atoms with Crippen molar-refractivity contribution in [1.82, 2.24) is 20.5 Å². The number of carbonyl (C=O) groups excluding carboxylic acids is 1. The van der Waals surface area contributed by atoms with Crippen molar-refractivity contribution >= 4 is 23.3 Å². The van der Waals surface area contributed by atoms with Crippen molar-refractivity contribution in [3.8, 4) is 0 Å². The Bertz CT molecular complexity index is 668. The van der Waals surface area contributed by atoms with Crippen LogP contribution in [0.25, 0.3) is 0 Å². The van der Waals surface area contributed by atoms with Crippen LogP contribution in [0.2, 0.25) is 0 Å². The normalized spacial score (nSPS) is 26.4. The van der Waals surface area contributed by atoms with E-state index < -0.39 is 5.97 Å². The van der Waals surface area contributed by atoms with Crippen LogP contribution in [0.5, 0.6) is 0 Å². The minimum absolute atomic E-state index is 0.00913. The zero-order valence-corrected chi connectivity index (χ0v) is 16.4. The summed E-state index contributed by atoms with van der Waals surface area (Å²) in [4.78, 5) is 31.8.